The number of carboxylic acids is 1. The minimum atomic E-state index is -0.950. The number of aromatic carboxylic acids is 1. The maximum absolute atomic E-state index is 10.8. The fourth-order valence-corrected chi connectivity index (χ4v) is 1.29. The average molecular weight is 180 g/mol. The molecule has 0 aromatic carbocycles. The van der Waals surface area contributed by atoms with E-state index in [0.29, 0.717) is 5.82 Å². The minimum absolute atomic E-state index is 0.244. The Morgan fingerprint density at radius 1 is 1.54 bits per heavy atom. The highest BCUT2D eigenvalue weighted by molar-refractivity contribution is 5.94. The number of nitrogens with one attached hydrogen (secondary N) is 1. The molecular formula is C9H12N2O2. The van der Waals surface area contributed by atoms with E-state index in [-0.39, 0.29) is 5.56 Å². The van der Waals surface area contributed by atoms with Crippen LogP contribution in [0.3, 0.4) is 0 Å². The molecule has 70 valence electrons. The lowest BCUT2D eigenvalue weighted by Gasteiger charge is -2.08. The molecule has 0 aliphatic heterocycles. The van der Waals surface area contributed by atoms with Gasteiger partial charge in [0.1, 0.15) is 11.4 Å². The first kappa shape index (κ1) is 9.51. The Hall–Kier alpha value is -1.58. The Kier molecular flexibility index (Phi) is 2.51. The number of carboxylic acid groups (broad SMARTS) is 1. The molecule has 13 heavy (non-hydrogen) atoms. The van der Waals surface area contributed by atoms with Crippen molar-refractivity contribution in [2.45, 2.75) is 13.8 Å². The second-order valence-corrected chi connectivity index (χ2v) is 2.86. The zero-order valence-corrected chi connectivity index (χ0v) is 7.88. The molecule has 4 nitrogen and oxygen atoms in total. The van der Waals surface area contributed by atoms with Crippen molar-refractivity contribution in [1.29, 1.82) is 0 Å². The topological polar surface area (TPSA) is 62.2 Å². The average Bonchev–Trinajstić information content (AvgIpc) is 2.01. The van der Waals surface area contributed by atoms with E-state index in [1.54, 1.807) is 20.0 Å². The largest absolute Gasteiger partial charge is 0.478 e. The smallest absolute Gasteiger partial charge is 0.339 e. The summed E-state index contributed by atoms with van der Waals surface area (Å²) >= 11 is 0. The Morgan fingerprint density at radius 3 is 2.62 bits per heavy atom. The van der Waals surface area contributed by atoms with Crippen molar-refractivity contribution in [3.05, 3.63) is 22.9 Å². The Morgan fingerprint density at radius 2 is 2.15 bits per heavy atom. The van der Waals surface area contributed by atoms with Gasteiger partial charge in [0, 0.05) is 12.7 Å². The third-order valence-corrected chi connectivity index (χ3v) is 1.80. The van der Waals surface area contributed by atoms with Crippen molar-refractivity contribution in [2.75, 3.05) is 12.4 Å². The highest BCUT2D eigenvalue weighted by Crippen LogP contribution is 2.17. The molecule has 1 aromatic heterocycles. The van der Waals surface area contributed by atoms with E-state index in [4.69, 9.17) is 5.11 Å². The maximum Gasteiger partial charge on any atom is 0.339 e. The third-order valence-electron chi connectivity index (χ3n) is 1.80. The summed E-state index contributed by atoms with van der Waals surface area (Å²) in [6.45, 7) is 3.60. The Bertz CT molecular complexity index is 348. The maximum atomic E-state index is 10.8. The number of pyridine rings is 1. The number of rotatable bonds is 2. The second-order valence-electron chi connectivity index (χ2n) is 2.86. The molecule has 1 heterocycles. The van der Waals surface area contributed by atoms with E-state index in [1.165, 1.54) is 0 Å². The van der Waals surface area contributed by atoms with Gasteiger partial charge in [0.25, 0.3) is 0 Å². The molecule has 0 spiro atoms. The SMILES string of the molecule is CNc1nc(C)cc(C)c1C(=O)O. The van der Waals surface area contributed by atoms with Crippen LogP contribution in [-0.4, -0.2) is 23.1 Å². The number of carbonyl (C=O) groups is 1. The number of hydrogen-bond acceptors (Lipinski definition) is 3. The Balaban J connectivity index is 3.38. The molecule has 0 saturated carbocycles. The van der Waals surface area contributed by atoms with Gasteiger partial charge in [-0.15, -0.1) is 0 Å². The van der Waals surface area contributed by atoms with E-state index < -0.39 is 5.97 Å². The summed E-state index contributed by atoms with van der Waals surface area (Å²) in [5, 5.41) is 11.7. The van der Waals surface area contributed by atoms with Crippen LogP contribution >= 0.6 is 0 Å². The van der Waals surface area contributed by atoms with E-state index in [0.717, 1.165) is 11.3 Å². The summed E-state index contributed by atoms with van der Waals surface area (Å²) in [5.74, 6) is -0.528. The first-order valence-corrected chi connectivity index (χ1v) is 3.95. The molecule has 0 fully saturated rings. The van der Waals surface area contributed by atoms with Gasteiger partial charge < -0.3 is 10.4 Å². The normalized spacial score (nSPS) is 9.77. The summed E-state index contributed by atoms with van der Waals surface area (Å²) in [7, 11) is 1.66. The lowest BCUT2D eigenvalue weighted by molar-refractivity contribution is 0.0697. The van der Waals surface area contributed by atoms with Gasteiger partial charge in [-0.3, -0.25) is 0 Å². The van der Waals surface area contributed by atoms with Gasteiger partial charge in [0.15, 0.2) is 0 Å². The lowest BCUT2D eigenvalue weighted by Crippen LogP contribution is -2.08. The minimum Gasteiger partial charge on any atom is -0.478 e. The third kappa shape index (κ3) is 1.77. The summed E-state index contributed by atoms with van der Waals surface area (Å²) in [4.78, 5) is 14.9. The standard InChI is InChI=1S/C9H12N2O2/c1-5-4-6(2)11-8(10-3)7(5)9(12)13/h4H,1-3H3,(H,10,11)(H,12,13). The van der Waals surface area contributed by atoms with Crippen LogP contribution in [0.15, 0.2) is 6.07 Å². The molecule has 0 bridgehead atoms. The highest BCUT2D eigenvalue weighted by atomic mass is 16.4. The summed E-state index contributed by atoms with van der Waals surface area (Å²) in [6, 6.07) is 1.75. The van der Waals surface area contributed by atoms with Crippen LogP contribution in [0.25, 0.3) is 0 Å². The number of hydrogen-bond donors (Lipinski definition) is 2. The molecule has 2 N–H and O–H groups in total. The number of aromatic nitrogens is 1. The Labute approximate surface area is 76.6 Å². The van der Waals surface area contributed by atoms with E-state index in [2.05, 4.69) is 10.3 Å². The van der Waals surface area contributed by atoms with Crippen molar-refractivity contribution in [3.63, 3.8) is 0 Å². The van der Waals surface area contributed by atoms with Crippen molar-refractivity contribution in [2.24, 2.45) is 0 Å². The van der Waals surface area contributed by atoms with Gasteiger partial charge in [-0.2, -0.15) is 0 Å². The zero-order valence-electron chi connectivity index (χ0n) is 7.88. The number of nitrogens with zero attached hydrogens (tertiary/aromatic N) is 1. The predicted octanol–water partition coefficient (Wildman–Crippen LogP) is 1.44. The van der Waals surface area contributed by atoms with Crippen LogP contribution in [0, 0.1) is 13.8 Å². The summed E-state index contributed by atoms with van der Waals surface area (Å²) < 4.78 is 0. The van der Waals surface area contributed by atoms with Crippen LogP contribution in [-0.2, 0) is 0 Å². The first-order chi connectivity index (χ1) is 6.06. The highest BCUT2D eigenvalue weighted by Gasteiger charge is 2.13. The van der Waals surface area contributed by atoms with Crippen LogP contribution in [0.4, 0.5) is 5.82 Å². The monoisotopic (exact) mass is 180 g/mol. The molecular weight excluding hydrogens is 168 g/mol. The molecule has 0 aliphatic carbocycles. The van der Waals surface area contributed by atoms with Gasteiger partial charge in [-0.05, 0) is 25.5 Å². The van der Waals surface area contributed by atoms with Crippen LogP contribution in [0.1, 0.15) is 21.6 Å². The van der Waals surface area contributed by atoms with E-state index in [9.17, 15) is 4.79 Å². The van der Waals surface area contributed by atoms with Crippen molar-refractivity contribution >= 4 is 11.8 Å². The predicted molar refractivity (Wildman–Crippen MR) is 50.2 cm³/mol. The molecule has 0 atom stereocenters. The molecule has 1 rings (SSSR count). The van der Waals surface area contributed by atoms with Gasteiger partial charge in [-0.1, -0.05) is 0 Å². The van der Waals surface area contributed by atoms with Crippen molar-refractivity contribution in [1.82, 2.24) is 4.98 Å². The molecule has 4 heteroatoms. The van der Waals surface area contributed by atoms with Gasteiger partial charge in [0.05, 0.1) is 0 Å². The zero-order chi connectivity index (χ0) is 10.0. The molecule has 0 amide bonds. The first-order valence-electron chi connectivity index (χ1n) is 3.95. The molecule has 0 radical (unpaired) electrons. The molecule has 1 aromatic rings. The van der Waals surface area contributed by atoms with Crippen molar-refractivity contribution in [3.8, 4) is 0 Å². The van der Waals surface area contributed by atoms with E-state index >= 15 is 0 Å². The molecule has 0 saturated heterocycles. The quantitative estimate of drug-likeness (QED) is 0.722. The fourth-order valence-electron chi connectivity index (χ4n) is 1.29. The number of anilines is 1. The molecule has 0 unspecified atom stereocenters. The van der Waals surface area contributed by atoms with Gasteiger partial charge in [-0.25, -0.2) is 9.78 Å². The van der Waals surface area contributed by atoms with Crippen LogP contribution < -0.4 is 5.32 Å². The van der Waals surface area contributed by atoms with E-state index in [1.807, 2.05) is 6.92 Å². The van der Waals surface area contributed by atoms with Crippen molar-refractivity contribution < 1.29 is 9.90 Å². The lowest BCUT2D eigenvalue weighted by atomic mass is 10.1. The van der Waals surface area contributed by atoms with Gasteiger partial charge >= 0.3 is 5.97 Å². The van der Waals surface area contributed by atoms with Gasteiger partial charge in [0.2, 0.25) is 0 Å². The number of aryl methyl sites for hydroxylation is 2. The van der Waals surface area contributed by atoms with Crippen LogP contribution in [0.5, 0.6) is 0 Å². The fraction of sp³-hybridized carbons (Fsp3) is 0.333. The second kappa shape index (κ2) is 3.43. The summed E-state index contributed by atoms with van der Waals surface area (Å²) in [5.41, 5.74) is 1.78. The van der Waals surface area contributed by atoms with Crippen LogP contribution in [0.2, 0.25) is 0 Å². The molecule has 0 aliphatic rings. The summed E-state index contributed by atoms with van der Waals surface area (Å²) in [6.07, 6.45) is 0.